The SMILES string of the molecule is O=C(CC1SC(N2N=C(c3ccc(F)cc3)CC2c2ccc(F)cc2)=NC1=O)Nc1cccc(Cl)c1. The normalized spacial score (nSPS) is 19.3. The van der Waals surface area contributed by atoms with Crippen molar-refractivity contribution in [3.63, 3.8) is 0 Å². The van der Waals surface area contributed by atoms with E-state index in [9.17, 15) is 18.4 Å². The third kappa shape index (κ3) is 5.32. The largest absolute Gasteiger partial charge is 0.326 e. The van der Waals surface area contributed by atoms with Crippen LogP contribution in [0.15, 0.2) is 82.9 Å². The molecule has 3 aromatic rings. The van der Waals surface area contributed by atoms with Crippen LogP contribution in [0, 0.1) is 11.6 Å². The molecule has 10 heteroatoms. The molecule has 0 aromatic heterocycles. The topological polar surface area (TPSA) is 74.1 Å². The zero-order valence-electron chi connectivity index (χ0n) is 18.7. The number of carbonyl (C=O) groups is 2. The van der Waals surface area contributed by atoms with Crippen LogP contribution in [0.4, 0.5) is 14.5 Å². The average Bonchev–Trinajstić information content (AvgIpc) is 3.44. The number of amides is 2. The molecule has 2 atom stereocenters. The number of aliphatic imine (C=N–C) groups is 1. The maximum atomic E-state index is 13.6. The van der Waals surface area contributed by atoms with Crippen LogP contribution in [0.1, 0.15) is 30.0 Å². The van der Waals surface area contributed by atoms with Crippen molar-refractivity contribution in [3.05, 3.63) is 101 Å². The number of hydrogen-bond donors (Lipinski definition) is 1. The van der Waals surface area contributed by atoms with Crippen molar-refractivity contribution in [1.82, 2.24) is 5.01 Å². The molecule has 36 heavy (non-hydrogen) atoms. The molecule has 0 aliphatic carbocycles. The lowest BCUT2D eigenvalue weighted by Crippen LogP contribution is -2.25. The van der Waals surface area contributed by atoms with Crippen LogP contribution in [0.5, 0.6) is 0 Å². The molecule has 2 amide bonds. The molecule has 2 unspecified atom stereocenters. The zero-order valence-corrected chi connectivity index (χ0v) is 20.3. The molecule has 2 heterocycles. The maximum Gasteiger partial charge on any atom is 0.262 e. The minimum absolute atomic E-state index is 0.0768. The average molecular weight is 525 g/mol. The lowest BCUT2D eigenvalue weighted by molar-refractivity contribution is -0.121. The fourth-order valence-electron chi connectivity index (χ4n) is 4.00. The van der Waals surface area contributed by atoms with Gasteiger partial charge in [-0.3, -0.25) is 9.59 Å². The summed E-state index contributed by atoms with van der Waals surface area (Å²) < 4.78 is 27.0. The van der Waals surface area contributed by atoms with E-state index in [-0.39, 0.29) is 30.0 Å². The van der Waals surface area contributed by atoms with E-state index in [2.05, 4.69) is 10.3 Å². The molecule has 2 aliphatic rings. The van der Waals surface area contributed by atoms with E-state index < -0.39 is 11.2 Å². The number of anilines is 1. The van der Waals surface area contributed by atoms with Gasteiger partial charge in [0.2, 0.25) is 5.91 Å². The van der Waals surface area contributed by atoms with Crippen molar-refractivity contribution >= 4 is 51.7 Å². The molecule has 1 N–H and O–H groups in total. The summed E-state index contributed by atoms with van der Waals surface area (Å²) in [6, 6.07) is 18.4. The van der Waals surface area contributed by atoms with Gasteiger partial charge in [0.05, 0.1) is 11.8 Å². The van der Waals surface area contributed by atoms with E-state index in [4.69, 9.17) is 16.7 Å². The quantitative estimate of drug-likeness (QED) is 0.458. The van der Waals surface area contributed by atoms with Crippen molar-refractivity contribution in [2.24, 2.45) is 10.1 Å². The molecule has 0 bridgehead atoms. The van der Waals surface area contributed by atoms with Gasteiger partial charge in [-0.05, 0) is 53.6 Å². The minimum Gasteiger partial charge on any atom is -0.326 e. The fourth-order valence-corrected chi connectivity index (χ4v) is 5.25. The van der Waals surface area contributed by atoms with Gasteiger partial charge in [-0.2, -0.15) is 10.1 Å². The first kappa shape index (κ1) is 24.1. The highest BCUT2D eigenvalue weighted by atomic mass is 35.5. The summed E-state index contributed by atoms with van der Waals surface area (Å²) >= 11 is 7.12. The summed E-state index contributed by atoms with van der Waals surface area (Å²) in [6.45, 7) is 0. The summed E-state index contributed by atoms with van der Waals surface area (Å²) in [5.74, 6) is -1.49. The first-order valence-corrected chi connectivity index (χ1v) is 12.3. The highest BCUT2D eigenvalue weighted by molar-refractivity contribution is 8.15. The van der Waals surface area contributed by atoms with Crippen molar-refractivity contribution in [1.29, 1.82) is 0 Å². The van der Waals surface area contributed by atoms with E-state index in [0.717, 1.165) is 22.9 Å². The van der Waals surface area contributed by atoms with Crippen LogP contribution in [0.3, 0.4) is 0 Å². The number of nitrogens with one attached hydrogen (secondary N) is 1. The van der Waals surface area contributed by atoms with Crippen molar-refractivity contribution in [3.8, 4) is 0 Å². The number of benzene rings is 3. The van der Waals surface area contributed by atoms with Crippen LogP contribution in [0.2, 0.25) is 5.02 Å². The zero-order chi connectivity index (χ0) is 25.2. The highest BCUT2D eigenvalue weighted by Crippen LogP contribution is 2.38. The Morgan fingerprint density at radius 1 is 1.06 bits per heavy atom. The Morgan fingerprint density at radius 2 is 1.75 bits per heavy atom. The fraction of sp³-hybridized carbons (Fsp3) is 0.154. The van der Waals surface area contributed by atoms with E-state index in [1.165, 1.54) is 24.3 Å². The number of hydrogen-bond acceptors (Lipinski definition) is 5. The van der Waals surface area contributed by atoms with Crippen LogP contribution in [-0.4, -0.2) is 33.0 Å². The standard InChI is InChI=1S/C26H19ClF2N4O2S/c27-17-2-1-3-20(12-17)30-24(34)14-23-25(35)31-26(36-23)33-22(16-6-10-19(29)11-7-16)13-21(32-33)15-4-8-18(28)9-5-15/h1-12,22-23H,13-14H2,(H,30,34). The number of carbonyl (C=O) groups excluding carboxylic acids is 2. The smallest absolute Gasteiger partial charge is 0.262 e. The van der Waals surface area contributed by atoms with Gasteiger partial charge in [0.25, 0.3) is 5.91 Å². The molecule has 182 valence electrons. The Kier molecular flexibility index (Phi) is 6.84. The summed E-state index contributed by atoms with van der Waals surface area (Å²) in [7, 11) is 0. The lowest BCUT2D eigenvalue weighted by atomic mass is 9.98. The molecule has 0 radical (unpaired) electrons. The van der Waals surface area contributed by atoms with Gasteiger partial charge in [0.15, 0.2) is 5.17 Å². The predicted molar refractivity (Wildman–Crippen MR) is 137 cm³/mol. The Balaban J connectivity index is 1.35. The van der Waals surface area contributed by atoms with Crippen LogP contribution < -0.4 is 5.32 Å². The van der Waals surface area contributed by atoms with Gasteiger partial charge in [-0.25, -0.2) is 13.8 Å². The molecular weight excluding hydrogens is 506 g/mol. The molecule has 0 fully saturated rings. The van der Waals surface area contributed by atoms with E-state index in [1.54, 1.807) is 53.5 Å². The van der Waals surface area contributed by atoms with E-state index in [1.807, 2.05) is 0 Å². The lowest BCUT2D eigenvalue weighted by Gasteiger charge is -2.23. The van der Waals surface area contributed by atoms with E-state index in [0.29, 0.717) is 28.0 Å². The van der Waals surface area contributed by atoms with Crippen molar-refractivity contribution < 1.29 is 18.4 Å². The molecule has 2 aliphatic heterocycles. The molecule has 0 saturated carbocycles. The first-order valence-electron chi connectivity index (χ1n) is 11.1. The van der Waals surface area contributed by atoms with Gasteiger partial charge < -0.3 is 5.32 Å². The predicted octanol–water partition coefficient (Wildman–Crippen LogP) is 5.80. The summed E-state index contributed by atoms with van der Waals surface area (Å²) in [5, 5.41) is 9.19. The molecule has 0 saturated heterocycles. The Bertz CT molecular complexity index is 1380. The third-order valence-corrected chi connectivity index (χ3v) is 7.12. The molecular formula is C26H19ClF2N4O2S. The van der Waals surface area contributed by atoms with Gasteiger partial charge in [0, 0.05) is 23.6 Å². The second-order valence-electron chi connectivity index (χ2n) is 8.27. The van der Waals surface area contributed by atoms with Crippen molar-refractivity contribution in [2.75, 3.05) is 5.32 Å². The molecule has 3 aromatic carbocycles. The monoisotopic (exact) mass is 524 g/mol. The molecule has 6 nitrogen and oxygen atoms in total. The van der Waals surface area contributed by atoms with Gasteiger partial charge in [-0.15, -0.1) is 0 Å². The second-order valence-corrected chi connectivity index (χ2v) is 9.88. The minimum atomic E-state index is -0.710. The highest BCUT2D eigenvalue weighted by Gasteiger charge is 2.39. The number of rotatable bonds is 5. The Hall–Kier alpha value is -3.56. The third-order valence-electron chi connectivity index (χ3n) is 5.75. The summed E-state index contributed by atoms with van der Waals surface area (Å²) in [4.78, 5) is 29.4. The Morgan fingerprint density at radius 3 is 2.44 bits per heavy atom. The van der Waals surface area contributed by atoms with Crippen molar-refractivity contribution in [2.45, 2.75) is 24.1 Å². The summed E-state index contributed by atoms with van der Waals surface area (Å²) in [5.41, 5.74) is 2.74. The summed E-state index contributed by atoms with van der Waals surface area (Å²) in [6.07, 6.45) is 0.373. The van der Waals surface area contributed by atoms with Gasteiger partial charge >= 0.3 is 0 Å². The molecule has 0 spiro atoms. The van der Waals surface area contributed by atoms with Gasteiger partial charge in [-0.1, -0.05) is 53.7 Å². The Labute approximate surface area is 215 Å². The first-order chi connectivity index (χ1) is 17.4. The number of thioether (sulfide) groups is 1. The molecule has 5 rings (SSSR count). The second kappa shape index (κ2) is 10.2. The number of amidine groups is 1. The number of nitrogens with zero attached hydrogens (tertiary/aromatic N) is 3. The van der Waals surface area contributed by atoms with E-state index >= 15 is 0 Å². The van der Waals surface area contributed by atoms with Gasteiger partial charge in [0.1, 0.15) is 16.9 Å². The van der Waals surface area contributed by atoms with Crippen LogP contribution in [-0.2, 0) is 9.59 Å². The van der Waals surface area contributed by atoms with Crippen LogP contribution >= 0.6 is 23.4 Å². The van der Waals surface area contributed by atoms with Crippen LogP contribution in [0.25, 0.3) is 0 Å². The number of halogens is 3. The maximum absolute atomic E-state index is 13.6. The number of hydrazone groups is 1.